The van der Waals surface area contributed by atoms with E-state index in [9.17, 15) is 18.0 Å². The maximum Gasteiger partial charge on any atom is 0.227 e. The molecule has 0 bridgehead atoms. The predicted octanol–water partition coefficient (Wildman–Crippen LogP) is 1.96. The van der Waals surface area contributed by atoms with Gasteiger partial charge in [-0.3, -0.25) is 9.59 Å². The van der Waals surface area contributed by atoms with Crippen molar-refractivity contribution < 1.29 is 18.0 Å². The van der Waals surface area contributed by atoms with Gasteiger partial charge in [0.15, 0.2) is 0 Å². The molecule has 2 amide bonds. The van der Waals surface area contributed by atoms with Gasteiger partial charge in [0.25, 0.3) is 0 Å². The molecule has 0 aromatic heterocycles. The monoisotopic (exact) mass is 395 g/mol. The van der Waals surface area contributed by atoms with Crippen molar-refractivity contribution in [3.63, 3.8) is 0 Å². The van der Waals surface area contributed by atoms with Crippen molar-refractivity contribution in [2.75, 3.05) is 24.7 Å². The molecular weight excluding hydrogens is 366 g/mol. The summed E-state index contributed by atoms with van der Waals surface area (Å²) in [6.45, 7) is 4.99. The number of hydrogen-bond acceptors (Lipinski definition) is 4. The van der Waals surface area contributed by atoms with E-state index in [1.807, 2.05) is 38.1 Å². The summed E-state index contributed by atoms with van der Waals surface area (Å²) >= 11 is 0. The molecule has 0 spiro atoms. The largest absolute Gasteiger partial charge is 0.352 e. The maximum atomic E-state index is 12.4. The number of amides is 2. The van der Waals surface area contributed by atoms with Crippen LogP contribution >= 0.6 is 0 Å². The Morgan fingerprint density at radius 3 is 2.52 bits per heavy atom. The van der Waals surface area contributed by atoms with Gasteiger partial charge in [-0.25, -0.2) is 12.7 Å². The number of anilines is 1. The molecule has 1 saturated heterocycles. The quantitative estimate of drug-likeness (QED) is 0.738. The fraction of sp³-hybridized carbons (Fsp3) is 0.579. The van der Waals surface area contributed by atoms with Crippen LogP contribution in [0.15, 0.2) is 24.3 Å². The number of sulfonamides is 1. The van der Waals surface area contributed by atoms with Gasteiger partial charge >= 0.3 is 0 Å². The van der Waals surface area contributed by atoms with E-state index in [-0.39, 0.29) is 23.7 Å². The van der Waals surface area contributed by atoms with E-state index in [1.165, 1.54) is 10.6 Å². The second kappa shape index (κ2) is 9.32. The fourth-order valence-electron chi connectivity index (χ4n) is 2.99. The van der Waals surface area contributed by atoms with Crippen molar-refractivity contribution in [1.29, 1.82) is 0 Å². The molecule has 1 atom stereocenters. The number of nitrogens with one attached hydrogen (secondary N) is 2. The third-order valence-electron chi connectivity index (χ3n) is 5.01. The molecule has 1 unspecified atom stereocenters. The van der Waals surface area contributed by atoms with Crippen LogP contribution in [0.3, 0.4) is 0 Å². The molecule has 2 N–H and O–H groups in total. The minimum atomic E-state index is -3.19. The van der Waals surface area contributed by atoms with Crippen molar-refractivity contribution >= 4 is 27.5 Å². The Kier molecular flexibility index (Phi) is 7.38. The molecular formula is C19H29N3O4S. The standard InChI is InChI=1S/C19H29N3O4S/c1-4-14(2)18(23)21-17-7-5-6-15(12-17)13-20-19(24)16-8-10-22(11-9-16)27(3,25)26/h5-7,12,14,16H,4,8-11,13H2,1-3H3,(H,20,24)(H,21,23). The van der Waals surface area contributed by atoms with Gasteiger partial charge in [0, 0.05) is 37.2 Å². The van der Waals surface area contributed by atoms with Gasteiger partial charge in [0.1, 0.15) is 0 Å². The summed E-state index contributed by atoms with van der Waals surface area (Å²) < 4.78 is 24.5. The van der Waals surface area contributed by atoms with E-state index in [4.69, 9.17) is 0 Å². The first kappa shape index (κ1) is 21.4. The first-order valence-corrected chi connectivity index (χ1v) is 11.2. The third-order valence-corrected chi connectivity index (χ3v) is 6.32. The molecule has 0 radical (unpaired) electrons. The first-order chi connectivity index (χ1) is 12.7. The van der Waals surface area contributed by atoms with E-state index in [1.54, 1.807) is 0 Å². The Labute approximate surface area is 161 Å². The van der Waals surface area contributed by atoms with E-state index >= 15 is 0 Å². The van der Waals surface area contributed by atoms with Gasteiger partial charge in [-0.2, -0.15) is 0 Å². The summed E-state index contributed by atoms with van der Waals surface area (Å²) in [5.41, 5.74) is 1.62. The summed E-state index contributed by atoms with van der Waals surface area (Å²) in [6.07, 6.45) is 3.04. The number of nitrogens with zero attached hydrogens (tertiary/aromatic N) is 1. The summed E-state index contributed by atoms with van der Waals surface area (Å²) in [5.74, 6) is -0.295. The van der Waals surface area contributed by atoms with E-state index in [0.717, 1.165) is 12.0 Å². The maximum absolute atomic E-state index is 12.4. The van der Waals surface area contributed by atoms with Gasteiger partial charge in [0.2, 0.25) is 21.8 Å². The molecule has 1 heterocycles. The second-order valence-corrected chi connectivity index (χ2v) is 9.14. The lowest BCUT2D eigenvalue weighted by molar-refractivity contribution is -0.126. The van der Waals surface area contributed by atoms with Crippen molar-refractivity contribution in [2.24, 2.45) is 11.8 Å². The SMILES string of the molecule is CCC(C)C(=O)Nc1cccc(CNC(=O)C2CCN(S(C)(=O)=O)CC2)c1. The normalized spacial score (nSPS) is 17.3. The fourth-order valence-corrected chi connectivity index (χ4v) is 3.87. The number of carbonyl (C=O) groups excluding carboxylic acids is 2. The smallest absolute Gasteiger partial charge is 0.227 e. The van der Waals surface area contributed by atoms with Gasteiger partial charge in [-0.1, -0.05) is 26.0 Å². The van der Waals surface area contributed by atoms with Gasteiger partial charge in [0.05, 0.1) is 6.26 Å². The lowest BCUT2D eigenvalue weighted by Crippen LogP contribution is -2.42. The average Bonchev–Trinajstić information content (AvgIpc) is 2.65. The highest BCUT2D eigenvalue weighted by Gasteiger charge is 2.28. The summed E-state index contributed by atoms with van der Waals surface area (Å²) in [6, 6.07) is 7.42. The first-order valence-electron chi connectivity index (χ1n) is 9.33. The molecule has 8 heteroatoms. The van der Waals surface area contributed by atoms with Crippen LogP contribution in [0.2, 0.25) is 0 Å². The number of hydrogen-bond donors (Lipinski definition) is 2. The Morgan fingerprint density at radius 1 is 1.26 bits per heavy atom. The topological polar surface area (TPSA) is 95.6 Å². The molecule has 0 saturated carbocycles. The van der Waals surface area contributed by atoms with Crippen molar-refractivity contribution in [1.82, 2.24) is 9.62 Å². The molecule has 1 aliphatic rings. The van der Waals surface area contributed by atoms with Crippen LogP contribution in [0, 0.1) is 11.8 Å². The van der Waals surface area contributed by atoms with Crippen molar-refractivity contribution in [3.05, 3.63) is 29.8 Å². The summed E-state index contributed by atoms with van der Waals surface area (Å²) in [7, 11) is -3.19. The number of rotatable bonds is 7. The van der Waals surface area contributed by atoms with Gasteiger partial charge in [-0.05, 0) is 37.0 Å². The van der Waals surface area contributed by atoms with E-state index in [0.29, 0.717) is 38.2 Å². The van der Waals surface area contributed by atoms with Gasteiger partial charge < -0.3 is 10.6 Å². The number of piperidine rings is 1. The van der Waals surface area contributed by atoms with E-state index < -0.39 is 10.0 Å². The van der Waals surface area contributed by atoms with Crippen LogP contribution in [0.4, 0.5) is 5.69 Å². The minimum absolute atomic E-state index is 0.0173. The Bertz CT molecular complexity index is 771. The Morgan fingerprint density at radius 2 is 1.93 bits per heavy atom. The Hall–Kier alpha value is -1.93. The highest BCUT2D eigenvalue weighted by atomic mass is 32.2. The number of carbonyl (C=O) groups is 2. The molecule has 7 nitrogen and oxygen atoms in total. The molecule has 1 aromatic rings. The molecule has 27 heavy (non-hydrogen) atoms. The zero-order chi connectivity index (χ0) is 20.0. The zero-order valence-electron chi connectivity index (χ0n) is 16.2. The van der Waals surface area contributed by atoms with Crippen LogP contribution in [-0.2, 0) is 26.2 Å². The molecule has 0 aliphatic carbocycles. The molecule has 1 fully saturated rings. The van der Waals surface area contributed by atoms with Crippen molar-refractivity contribution in [3.8, 4) is 0 Å². The lowest BCUT2D eigenvalue weighted by atomic mass is 9.97. The molecule has 2 rings (SSSR count). The highest BCUT2D eigenvalue weighted by molar-refractivity contribution is 7.88. The summed E-state index contributed by atoms with van der Waals surface area (Å²) in [4.78, 5) is 24.4. The van der Waals surface area contributed by atoms with Crippen LogP contribution in [-0.4, -0.2) is 43.9 Å². The van der Waals surface area contributed by atoms with Crippen LogP contribution in [0.25, 0.3) is 0 Å². The lowest BCUT2D eigenvalue weighted by Gasteiger charge is -2.29. The molecule has 1 aliphatic heterocycles. The predicted molar refractivity (Wildman–Crippen MR) is 106 cm³/mol. The van der Waals surface area contributed by atoms with Crippen LogP contribution < -0.4 is 10.6 Å². The second-order valence-electron chi connectivity index (χ2n) is 7.15. The highest BCUT2D eigenvalue weighted by Crippen LogP contribution is 2.19. The zero-order valence-corrected chi connectivity index (χ0v) is 17.0. The third kappa shape index (κ3) is 6.32. The minimum Gasteiger partial charge on any atom is -0.352 e. The van der Waals surface area contributed by atoms with Crippen molar-refractivity contribution in [2.45, 2.75) is 39.7 Å². The van der Waals surface area contributed by atoms with Gasteiger partial charge in [-0.15, -0.1) is 0 Å². The van der Waals surface area contributed by atoms with Crippen LogP contribution in [0.5, 0.6) is 0 Å². The van der Waals surface area contributed by atoms with Crippen LogP contribution in [0.1, 0.15) is 38.7 Å². The summed E-state index contributed by atoms with van der Waals surface area (Å²) in [5, 5.41) is 5.81. The molecule has 1 aromatic carbocycles. The molecule has 150 valence electrons. The average molecular weight is 396 g/mol. The number of benzene rings is 1. The van der Waals surface area contributed by atoms with E-state index in [2.05, 4.69) is 10.6 Å². The Balaban J connectivity index is 1.85.